The molecule has 1 aliphatic rings. The molecule has 5 nitrogen and oxygen atoms in total. The Kier molecular flexibility index (Phi) is 4.86. The van der Waals surface area contributed by atoms with Crippen molar-refractivity contribution in [1.29, 1.82) is 0 Å². The maximum atomic E-state index is 11.9. The molecule has 1 fully saturated rings. The minimum absolute atomic E-state index is 0.199. The van der Waals surface area contributed by atoms with Crippen LogP contribution in [0.15, 0.2) is 47.2 Å². The molecule has 2 heterocycles. The number of anilines is 1. The van der Waals surface area contributed by atoms with E-state index in [0.29, 0.717) is 12.1 Å². The summed E-state index contributed by atoms with van der Waals surface area (Å²) in [6.45, 7) is 0. The number of nitrogens with one attached hydrogen (secondary N) is 2. The Hall–Kier alpha value is -2.73. The largest absolute Gasteiger partial charge is 0.323 e. The van der Waals surface area contributed by atoms with Crippen molar-refractivity contribution in [3.8, 4) is 0 Å². The molecule has 1 aromatic heterocycles. The lowest BCUT2D eigenvalue weighted by molar-refractivity contribution is -0.125. The first-order valence-electron chi connectivity index (χ1n) is 7.54. The van der Waals surface area contributed by atoms with E-state index in [0.717, 1.165) is 11.1 Å². The molecule has 6 heteroatoms. The summed E-state index contributed by atoms with van der Waals surface area (Å²) in [7, 11) is 0. The molecule has 1 saturated heterocycles. The second kappa shape index (κ2) is 7.23. The van der Waals surface area contributed by atoms with Gasteiger partial charge in [0, 0.05) is 18.2 Å². The van der Waals surface area contributed by atoms with Gasteiger partial charge < -0.3 is 5.32 Å². The van der Waals surface area contributed by atoms with Gasteiger partial charge in [0.15, 0.2) is 0 Å². The molecule has 1 aromatic carbocycles. The van der Waals surface area contributed by atoms with Gasteiger partial charge >= 0.3 is 0 Å². The van der Waals surface area contributed by atoms with Gasteiger partial charge in [0.1, 0.15) is 0 Å². The van der Waals surface area contributed by atoms with Gasteiger partial charge in [-0.3, -0.25) is 19.7 Å². The molecular weight excluding hydrogens is 324 g/mol. The summed E-state index contributed by atoms with van der Waals surface area (Å²) in [6.07, 6.45) is 4.01. The molecule has 122 valence electrons. The van der Waals surface area contributed by atoms with Gasteiger partial charge in [-0.25, -0.2) is 0 Å². The summed E-state index contributed by atoms with van der Waals surface area (Å²) in [6, 6.07) is 9.23. The molecule has 1 aliphatic heterocycles. The topological polar surface area (TPSA) is 75.3 Å². The molecule has 3 rings (SSSR count). The van der Waals surface area contributed by atoms with Crippen LogP contribution in [0.3, 0.4) is 0 Å². The molecule has 2 N–H and O–H groups in total. The number of amides is 3. The van der Waals surface area contributed by atoms with Gasteiger partial charge in [0.05, 0.1) is 5.92 Å². The highest BCUT2D eigenvalue weighted by Gasteiger charge is 2.30. The smallest absolute Gasteiger partial charge is 0.248 e. The summed E-state index contributed by atoms with van der Waals surface area (Å²) >= 11 is 1.58. The lowest BCUT2D eigenvalue weighted by Crippen LogP contribution is -2.22. The van der Waals surface area contributed by atoms with Crippen LogP contribution in [0.1, 0.15) is 17.5 Å². The normalized spacial score (nSPS) is 17.2. The third-order valence-electron chi connectivity index (χ3n) is 3.74. The van der Waals surface area contributed by atoms with Crippen LogP contribution in [-0.2, 0) is 20.8 Å². The van der Waals surface area contributed by atoms with E-state index in [-0.39, 0.29) is 30.1 Å². The van der Waals surface area contributed by atoms with E-state index in [2.05, 4.69) is 10.6 Å². The third-order valence-corrected chi connectivity index (χ3v) is 4.44. The molecule has 3 amide bonds. The van der Waals surface area contributed by atoms with Crippen molar-refractivity contribution in [2.24, 2.45) is 5.92 Å². The molecule has 0 saturated carbocycles. The van der Waals surface area contributed by atoms with Crippen LogP contribution >= 0.6 is 11.3 Å². The SMILES string of the molecule is O=C(/C=C/c1ccsc1)Nc1ccc(C[C@@H]2CC(=O)NC2=O)cc1. The van der Waals surface area contributed by atoms with Gasteiger partial charge in [-0.2, -0.15) is 11.3 Å². The molecule has 0 bridgehead atoms. The van der Waals surface area contributed by atoms with E-state index in [1.54, 1.807) is 29.5 Å². The van der Waals surface area contributed by atoms with Crippen LogP contribution < -0.4 is 10.6 Å². The molecule has 1 atom stereocenters. The van der Waals surface area contributed by atoms with Gasteiger partial charge in [-0.1, -0.05) is 12.1 Å². The standard InChI is InChI=1S/C18H16N2O3S/c21-16(6-3-13-7-8-24-11-13)19-15-4-1-12(2-5-15)9-14-10-17(22)20-18(14)23/h1-8,11,14H,9-10H2,(H,19,21)(H,20,22,23)/b6-3+/t14-/m1/s1. The fourth-order valence-electron chi connectivity index (χ4n) is 2.51. The van der Waals surface area contributed by atoms with Gasteiger partial charge in [-0.15, -0.1) is 0 Å². The lowest BCUT2D eigenvalue weighted by atomic mass is 9.98. The van der Waals surface area contributed by atoms with E-state index >= 15 is 0 Å². The molecule has 24 heavy (non-hydrogen) atoms. The average molecular weight is 340 g/mol. The molecule has 0 radical (unpaired) electrons. The van der Waals surface area contributed by atoms with Crippen molar-refractivity contribution in [3.63, 3.8) is 0 Å². The predicted molar refractivity (Wildman–Crippen MR) is 93.4 cm³/mol. The number of benzene rings is 1. The van der Waals surface area contributed by atoms with Gasteiger partial charge in [0.2, 0.25) is 17.7 Å². The second-order valence-electron chi connectivity index (χ2n) is 5.59. The number of rotatable bonds is 5. The first kappa shape index (κ1) is 16.1. The third kappa shape index (κ3) is 4.17. The fourth-order valence-corrected chi connectivity index (χ4v) is 3.13. The van der Waals surface area contributed by atoms with Crippen LogP contribution in [-0.4, -0.2) is 17.7 Å². The zero-order valence-electron chi connectivity index (χ0n) is 12.8. The Bertz CT molecular complexity index is 779. The van der Waals surface area contributed by atoms with Crippen molar-refractivity contribution < 1.29 is 14.4 Å². The summed E-state index contributed by atoms with van der Waals surface area (Å²) in [5.41, 5.74) is 2.64. The monoisotopic (exact) mass is 340 g/mol. The number of thiophene rings is 1. The van der Waals surface area contributed by atoms with Crippen molar-refractivity contribution >= 4 is 40.8 Å². The van der Waals surface area contributed by atoms with Crippen LogP contribution in [0.25, 0.3) is 6.08 Å². The van der Waals surface area contributed by atoms with E-state index in [4.69, 9.17) is 0 Å². The van der Waals surface area contributed by atoms with Crippen LogP contribution in [0.4, 0.5) is 5.69 Å². The maximum Gasteiger partial charge on any atom is 0.248 e. The minimum atomic E-state index is -0.300. The fraction of sp³-hybridized carbons (Fsp3) is 0.167. The first-order valence-corrected chi connectivity index (χ1v) is 8.48. The minimum Gasteiger partial charge on any atom is -0.323 e. The Morgan fingerprint density at radius 3 is 2.67 bits per heavy atom. The van der Waals surface area contributed by atoms with E-state index in [1.165, 1.54) is 6.08 Å². The van der Waals surface area contributed by atoms with Crippen LogP contribution in [0, 0.1) is 5.92 Å². The Morgan fingerprint density at radius 1 is 1.25 bits per heavy atom. The lowest BCUT2D eigenvalue weighted by Gasteiger charge is -2.07. The Balaban J connectivity index is 1.55. The number of hydrogen-bond donors (Lipinski definition) is 2. The summed E-state index contributed by atoms with van der Waals surface area (Å²) < 4.78 is 0. The zero-order chi connectivity index (χ0) is 16.9. The molecule has 0 spiro atoms. The number of carbonyl (C=O) groups is 3. The summed E-state index contributed by atoms with van der Waals surface area (Å²) in [5.74, 6) is -0.927. The highest BCUT2D eigenvalue weighted by Crippen LogP contribution is 2.19. The van der Waals surface area contributed by atoms with Gasteiger partial charge in [-0.05, 0) is 52.6 Å². The Labute approximate surface area is 143 Å². The highest BCUT2D eigenvalue weighted by atomic mass is 32.1. The van der Waals surface area contributed by atoms with Crippen LogP contribution in [0.5, 0.6) is 0 Å². The summed E-state index contributed by atoms with van der Waals surface area (Å²) in [4.78, 5) is 34.6. The number of carbonyl (C=O) groups excluding carboxylic acids is 3. The van der Waals surface area contributed by atoms with Crippen LogP contribution in [0.2, 0.25) is 0 Å². The Morgan fingerprint density at radius 2 is 2.04 bits per heavy atom. The van der Waals surface area contributed by atoms with E-state index < -0.39 is 0 Å². The predicted octanol–water partition coefficient (Wildman–Crippen LogP) is 2.61. The zero-order valence-corrected chi connectivity index (χ0v) is 13.6. The molecule has 2 aromatic rings. The molecule has 0 aliphatic carbocycles. The molecule has 0 unspecified atom stereocenters. The first-order chi connectivity index (χ1) is 11.6. The van der Waals surface area contributed by atoms with E-state index in [1.807, 2.05) is 29.0 Å². The van der Waals surface area contributed by atoms with Crippen molar-refractivity contribution in [2.45, 2.75) is 12.8 Å². The number of imide groups is 1. The quantitative estimate of drug-likeness (QED) is 0.649. The van der Waals surface area contributed by atoms with E-state index in [9.17, 15) is 14.4 Å². The van der Waals surface area contributed by atoms with Gasteiger partial charge in [0.25, 0.3) is 0 Å². The maximum absolute atomic E-state index is 11.9. The highest BCUT2D eigenvalue weighted by molar-refractivity contribution is 7.08. The second-order valence-corrected chi connectivity index (χ2v) is 6.37. The van der Waals surface area contributed by atoms with Crippen molar-refractivity contribution in [2.75, 3.05) is 5.32 Å². The van der Waals surface area contributed by atoms with Crippen molar-refractivity contribution in [3.05, 3.63) is 58.3 Å². The number of hydrogen-bond acceptors (Lipinski definition) is 4. The summed E-state index contributed by atoms with van der Waals surface area (Å²) in [5, 5.41) is 9.01. The molecular formula is C18H16N2O3S. The average Bonchev–Trinajstić information content (AvgIpc) is 3.17. The van der Waals surface area contributed by atoms with Crippen molar-refractivity contribution in [1.82, 2.24) is 5.32 Å².